The molecule has 0 bridgehead atoms. The fraction of sp³-hybridized carbons (Fsp3) is 0. The number of allylic oxidation sites excluding steroid dienone is 3. The Morgan fingerprint density at radius 1 is 0.818 bits per heavy atom. The first kappa shape index (κ1) is 13.1. The molecule has 3 nitrogen and oxygen atoms in total. The van der Waals surface area contributed by atoms with Gasteiger partial charge in [-0.15, -0.1) is 0 Å². The topological polar surface area (TPSA) is 40.5 Å². The van der Waals surface area contributed by atoms with Gasteiger partial charge in [0.05, 0.1) is 5.70 Å². The van der Waals surface area contributed by atoms with E-state index in [4.69, 9.17) is 0 Å². The highest BCUT2D eigenvalue weighted by Gasteiger charge is 2.21. The van der Waals surface area contributed by atoms with Crippen molar-refractivity contribution in [1.82, 2.24) is 4.98 Å². The Morgan fingerprint density at radius 2 is 1.64 bits per heavy atom. The zero-order valence-corrected chi connectivity index (χ0v) is 12.5. The Morgan fingerprint density at radius 3 is 2.45 bits per heavy atom. The average Bonchev–Trinajstić information content (AvgIpc) is 3.29. The summed E-state index contributed by atoms with van der Waals surface area (Å²) in [7, 11) is 0. The highest BCUT2D eigenvalue weighted by atomic mass is 32.2. The van der Waals surface area contributed by atoms with Crippen LogP contribution in [0.15, 0.2) is 92.0 Å². The molecule has 2 aromatic rings. The normalized spacial score (nSPS) is 19.6. The first-order valence-electron chi connectivity index (χ1n) is 7.02. The Hall–Kier alpha value is -2.59. The van der Waals surface area contributed by atoms with E-state index in [0.29, 0.717) is 0 Å². The van der Waals surface area contributed by atoms with E-state index in [9.17, 15) is 0 Å². The molecular weight excluding hydrogens is 290 g/mol. The van der Waals surface area contributed by atoms with Crippen LogP contribution >= 0.6 is 11.8 Å². The maximum Gasteiger partial charge on any atom is 0.103 e. The predicted octanol–water partition coefficient (Wildman–Crippen LogP) is 4.45. The molecule has 1 N–H and O–H groups in total. The minimum atomic E-state index is 0.922. The Labute approximate surface area is 132 Å². The standard InChI is InChI=1S/C18H13N3S/c1-2-5-13(6-3-1)22-16-9-12-21-18(16)17-14(8-11-20-17)15-7-4-10-19-15/h1-12,19H. The van der Waals surface area contributed by atoms with Crippen molar-refractivity contribution in [2.24, 2.45) is 9.98 Å². The van der Waals surface area contributed by atoms with Crippen molar-refractivity contribution in [2.45, 2.75) is 4.90 Å². The lowest BCUT2D eigenvalue weighted by atomic mass is 10.1. The number of H-pyrrole nitrogens is 1. The van der Waals surface area contributed by atoms with Crippen molar-refractivity contribution in [3.8, 4) is 0 Å². The van der Waals surface area contributed by atoms with E-state index in [1.807, 2.05) is 61.1 Å². The molecule has 0 aliphatic carbocycles. The zero-order chi connectivity index (χ0) is 14.8. The maximum atomic E-state index is 4.53. The van der Waals surface area contributed by atoms with Gasteiger partial charge in [0.15, 0.2) is 0 Å². The summed E-state index contributed by atoms with van der Waals surface area (Å²) in [6.45, 7) is 0. The van der Waals surface area contributed by atoms with Gasteiger partial charge in [0.2, 0.25) is 0 Å². The average molecular weight is 303 g/mol. The molecule has 4 rings (SSSR count). The van der Waals surface area contributed by atoms with E-state index >= 15 is 0 Å². The predicted molar refractivity (Wildman–Crippen MR) is 93.2 cm³/mol. The van der Waals surface area contributed by atoms with Crippen LogP contribution in [-0.4, -0.2) is 17.4 Å². The van der Waals surface area contributed by atoms with E-state index in [-0.39, 0.29) is 0 Å². The second-order valence-corrected chi connectivity index (χ2v) is 5.98. The number of thioether (sulfide) groups is 1. The number of rotatable bonds is 3. The lowest BCUT2D eigenvalue weighted by Gasteiger charge is -2.08. The molecule has 0 saturated heterocycles. The molecule has 1 aromatic heterocycles. The van der Waals surface area contributed by atoms with Gasteiger partial charge in [-0.05, 0) is 36.4 Å². The van der Waals surface area contributed by atoms with Crippen LogP contribution in [0.5, 0.6) is 0 Å². The first-order valence-corrected chi connectivity index (χ1v) is 7.84. The molecule has 0 amide bonds. The third-order valence-corrected chi connectivity index (χ3v) is 4.50. The summed E-state index contributed by atoms with van der Waals surface area (Å²) in [5.41, 5.74) is 4.00. The summed E-state index contributed by atoms with van der Waals surface area (Å²) in [4.78, 5) is 14.6. The summed E-state index contributed by atoms with van der Waals surface area (Å²) in [6.07, 6.45) is 9.65. The van der Waals surface area contributed by atoms with E-state index in [1.54, 1.807) is 11.8 Å². The second-order valence-electron chi connectivity index (χ2n) is 4.86. The third kappa shape index (κ3) is 2.38. The van der Waals surface area contributed by atoms with E-state index in [1.165, 1.54) is 4.90 Å². The number of nitrogens with zero attached hydrogens (tertiary/aromatic N) is 2. The molecule has 1 aromatic carbocycles. The fourth-order valence-electron chi connectivity index (χ4n) is 2.44. The molecule has 2 aliphatic rings. The quantitative estimate of drug-likeness (QED) is 0.894. The van der Waals surface area contributed by atoms with Gasteiger partial charge in [0, 0.05) is 39.7 Å². The third-order valence-electron chi connectivity index (χ3n) is 3.45. The molecule has 22 heavy (non-hydrogen) atoms. The molecule has 4 heteroatoms. The maximum absolute atomic E-state index is 4.53. The highest BCUT2D eigenvalue weighted by molar-refractivity contribution is 8.03. The molecule has 0 atom stereocenters. The van der Waals surface area contributed by atoms with Gasteiger partial charge >= 0.3 is 0 Å². The molecule has 0 unspecified atom stereocenters. The second kappa shape index (κ2) is 5.66. The summed E-state index contributed by atoms with van der Waals surface area (Å²) >= 11 is 1.71. The van der Waals surface area contributed by atoms with Crippen LogP contribution in [0, 0.1) is 0 Å². The number of benzene rings is 1. The number of hydrogen-bond acceptors (Lipinski definition) is 3. The molecule has 0 spiro atoms. The number of aliphatic imine (C=N–C) groups is 2. The van der Waals surface area contributed by atoms with Crippen LogP contribution in [0.4, 0.5) is 0 Å². The van der Waals surface area contributed by atoms with Crippen LogP contribution in [0.1, 0.15) is 5.69 Å². The van der Waals surface area contributed by atoms with Crippen molar-refractivity contribution in [2.75, 3.05) is 0 Å². The number of hydrogen-bond donors (Lipinski definition) is 1. The summed E-state index contributed by atoms with van der Waals surface area (Å²) in [5.74, 6) is 0. The molecule has 3 heterocycles. The van der Waals surface area contributed by atoms with Crippen LogP contribution in [0.3, 0.4) is 0 Å². The summed E-state index contributed by atoms with van der Waals surface area (Å²) in [6, 6.07) is 14.4. The van der Waals surface area contributed by atoms with E-state index in [2.05, 4.69) is 27.1 Å². The van der Waals surface area contributed by atoms with Gasteiger partial charge in [-0.2, -0.15) is 0 Å². The molecule has 2 aliphatic heterocycles. The molecular formula is C18H13N3S. The molecule has 0 fully saturated rings. The number of aromatic nitrogens is 1. The Bertz CT molecular complexity index is 838. The van der Waals surface area contributed by atoms with E-state index in [0.717, 1.165) is 27.6 Å². The van der Waals surface area contributed by atoms with Crippen LogP contribution in [-0.2, 0) is 0 Å². The van der Waals surface area contributed by atoms with E-state index < -0.39 is 0 Å². The molecule has 0 saturated carbocycles. The first-order chi connectivity index (χ1) is 10.9. The smallest absolute Gasteiger partial charge is 0.103 e. The Kier molecular flexibility index (Phi) is 3.37. The van der Waals surface area contributed by atoms with Gasteiger partial charge in [-0.3, -0.25) is 9.98 Å². The van der Waals surface area contributed by atoms with Crippen molar-refractivity contribution in [3.05, 3.63) is 82.8 Å². The van der Waals surface area contributed by atoms with Gasteiger partial charge in [0.1, 0.15) is 5.70 Å². The van der Waals surface area contributed by atoms with Crippen LogP contribution < -0.4 is 0 Å². The molecule has 106 valence electrons. The summed E-state index contributed by atoms with van der Waals surface area (Å²) in [5, 5.41) is 0. The monoisotopic (exact) mass is 303 g/mol. The number of aromatic amines is 1. The van der Waals surface area contributed by atoms with Crippen molar-refractivity contribution < 1.29 is 0 Å². The summed E-state index contributed by atoms with van der Waals surface area (Å²) < 4.78 is 0. The lowest BCUT2D eigenvalue weighted by Crippen LogP contribution is -1.90. The van der Waals surface area contributed by atoms with Crippen molar-refractivity contribution in [3.63, 3.8) is 0 Å². The van der Waals surface area contributed by atoms with Gasteiger partial charge in [-0.1, -0.05) is 30.0 Å². The van der Waals surface area contributed by atoms with Crippen molar-refractivity contribution >= 4 is 29.8 Å². The SMILES string of the molecule is C1=NC(=C2N=CC=C2c2ccc[nH]2)C(Sc2ccccc2)=C1. The zero-order valence-electron chi connectivity index (χ0n) is 11.7. The number of nitrogens with one attached hydrogen (secondary N) is 1. The largest absolute Gasteiger partial charge is 0.361 e. The fourth-order valence-corrected chi connectivity index (χ4v) is 3.36. The lowest BCUT2D eigenvalue weighted by molar-refractivity contribution is 1.28. The highest BCUT2D eigenvalue weighted by Crippen LogP contribution is 2.40. The minimum Gasteiger partial charge on any atom is -0.361 e. The van der Waals surface area contributed by atoms with Gasteiger partial charge in [0.25, 0.3) is 0 Å². The van der Waals surface area contributed by atoms with Gasteiger partial charge in [-0.25, -0.2) is 0 Å². The van der Waals surface area contributed by atoms with Gasteiger partial charge < -0.3 is 4.98 Å². The molecule has 0 radical (unpaired) electrons. The van der Waals surface area contributed by atoms with Crippen molar-refractivity contribution in [1.29, 1.82) is 0 Å². The minimum absolute atomic E-state index is 0.922. The van der Waals surface area contributed by atoms with Crippen LogP contribution in [0.25, 0.3) is 5.57 Å². The van der Waals surface area contributed by atoms with Crippen LogP contribution in [0.2, 0.25) is 0 Å². The Balaban J connectivity index is 1.69.